The fourth-order valence-corrected chi connectivity index (χ4v) is 5.58. The Balaban J connectivity index is 1.50. The van der Waals surface area contributed by atoms with Gasteiger partial charge in [-0.05, 0) is 78.6 Å². The van der Waals surface area contributed by atoms with Crippen LogP contribution in [0.4, 0.5) is 30.2 Å². The molecule has 4 rings (SSSR count). The number of hydrogen-bond donors (Lipinski definition) is 3. The Hall–Kier alpha value is -1.57. The first kappa shape index (κ1) is 23.6. The monoisotopic (exact) mass is 580 g/mol. The fourth-order valence-electron chi connectivity index (χ4n) is 3.86. The predicted octanol–water partition coefficient (Wildman–Crippen LogP) is 4.72. The second-order valence-corrected chi connectivity index (χ2v) is 11.0. The number of nitrogens with zero attached hydrogens (tertiary/aromatic N) is 1. The third-order valence-electron chi connectivity index (χ3n) is 5.89. The number of anilines is 3. The van der Waals surface area contributed by atoms with Gasteiger partial charge in [-0.3, -0.25) is 4.72 Å². The van der Waals surface area contributed by atoms with E-state index in [0.717, 1.165) is 25.0 Å². The van der Waals surface area contributed by atoms with Crippen LogP contribution in [0.5, 0.6) is 0 Å². The lowest BCUT2D eigenvalue weighted by atomic mass is 9.91. The van der Waals surface area contributed by atoms with Crippen LogP contribution < -0.4 is 15.4 Å². The SMILES string of the molecule is O=S(=O)(Nc1ccc(F)c(F)c1Nc1ccc(I)cc1F)N1CCC(NC2CCC2)CC1. The average Bonchev–Trinajstić information content (AvgIpc) is 2.72. The van der Waals surface area contributed by atoms with Gasteiger partial charge in [-0.1, -0.05) is 6.42 Å². The van der Waals surface area contributed by atoms with Gasteiger partial charge in [0.15, 0.2) is 11.6 Å². The Morgan fingerprint density at radius 3 is 2.19 bits per heavy atom. The number of benzene rings is 2. The molecule has 3 N–H and O–H groups in total. The number of hydrogen-bond acceptors (Lipinski definition) is 4. The molecule has 0 bridgehead atoms. The number of nitrogens with one attached hydrogen (secondary N) is 3. The molecule has 2 aromatic carbocycles. The molecule has 32 heavy (non-hydrogen) atoms. The van der Waals surface area contributed by atoms with Crippen molar-refractivity contribution >= 4 is 49.9 Å². The summed E-state index contributed by atoms with van der Waals surface area (Å²) in [7, 11) is -4.01. The van der Waals surface area contributed by atoms with Gasteiger partial charge >= 0.3 is 10.2 Å². The first-order valence-corrected chi connectivity index (χ1v) is 13.0. The molecule has 0 atom stereocenters. The standard InChI is InChI=1S/C21H24F3IN4O2S/c22-16-5-7-19(21(20(16)24)27-18-6-4-13(25)12-17(18)23)28-32(30,31)29-10-8-15(9-11-29)26-14-2-1-3-14/h4-7,12,14-15,26-28H,1-3,8-11H2. The highest BCUT2D eigenvalue weighted by Crippen LogP contribution is 2.33. The summed E-state index contributed by atoms with van der Waals surface area (Å²) in [5.41, 5.74) is -0.773. The molecule has 6 nitrogen and oxygen atoms in total. The third kappa shape index (κ3) is 5.32. The molecule has 0 aromatic heterocycles. The zero-order valence-corrected chi connectivity index (χ0v) is 20.1. The third-order valence-corrected chi connectivity index (χ3v) is 8.09. The van der Waals surface area contributed by atoms with Crippen LogP contribution in [0.2, 0.25) is 0 Å². The van der Waals surface area contributed by atoms with E-state index in [1.54, 1.807) is 6.07 Å². The normalized spacial score (nSPS) is 18.4. The van der Waals surface area contributed by atoms with Gasteiger partial charge in [0.2, 0.25) is 0 Å². The Morgan fingerprint density at radius 1 is 0.906 bits per heavy atom. The lowest BCUT2D eigenvalue weighted by Gasteiger charge is -2.36. The first-order valence-electron chi connectivity index (χ1n) is 10.5. The molecule has 0 amide bonds. The van der Waals surface area contributed by atoms with Crippen molar-refractivity contribution in [3.63, 3.8) is 0 Å². The topological polar surface area (TPSA) is 73.5 Å². The average molecular weight is 580 g/mol. The minimum Gasteiger partial charge on any atom is -0.349 e. The van der Waals surface area contributed by atoms with Crippen molar-refractivity contribution in [1.82, 2.24) is 9.62 Å². The number of halogens is 4. The summed E-state index contributed by atoms with van der Waals surface area (Å²) in [5, 5.41) is 6.05. The molecule has 0 unspecified atom stereocenters. The predicted molar refractivity (Wildman–Crippen MR) is 127 cm³/mol. The lowest BCUT2D eigenvalue weighted by Crippen LogP contribution is -2.50. The number of rotatable bonds is 7. The lowest BCUT2D eigenvalue weighted by molar-refractivity contribution is 0.237. The quantitative estimate of drug-likeness (QED) is 0.415. The van der Waals surface area contributed by atoms with Crippen molar-refractivity contribution < 1.29 is 21.6 Å². The van der Waals surface area contributed by atoms with E-state index in [-0.39, 0.29) is 17.4 Å². The van der Waals surface area contributed by atoms with Crippen molar-refractivity contribution in [3.8, 4) is 0 Å². The molecule has 2 fully saturated rings. The fraction of sp³-hybridized carbons (Fsp3) is 0.429. The molecule has 11 heteroatoms. The molecular weight excluding hydrogens is 556 g/mol. The zero-order valence-electron chi connectivity index (χ0n) is 17.2. The van der Waals surface area contributed by atoms with E-state index >= 15 is 0 Å². The van der Waals surface area contributed by atoms with Crippen molar-refractivity contribution in [3.05, 3.63) is 51.4 Å². The Morgan fingerprint density at radius 2 is 1.56 bits per heavy atom. The van der Waals surface area contributed by atoms with E-state index in [9.17, 15) is 21.6 Å². The highest BCUT2D eigenvalue weighted by molar-refractivity contribution is 14.1. The second-order valence-electron chi connectivity index (χ2n) is 8.11. The molecule has 2 aliphatic rings. The van der Waals surface area contributed by atoms with Crippen LogP contribution in [0.3, 0.4) is 0 Å². The van der Waals surface area contributed by atoms with E-state index in [1.807, 2.05) is 22.6 Å². The smallest absolute Gasteiger partial charge is 0.301 e. The molecule has 1 saturated carbocycles. The van der Waals surface area contributed by atoms with Crippen LogP contribution in [0.1, 0.15) is 32.1 Å². The summed E-state index contributed by atoms with van der Waals surface area (Å²) < 4.78 is 72.8. The minimum atomic E-state index is -4.01. The van der Waals surface area contributed by atoms with E-state index in [2.05, 4.69) is 15.4 Å². The largest absolute Gasteiger partial charge is 0.349 e. The molecular formula is C21H24F3IN4O2S. The minimum absolute atomic E-state index is 0.0988. The van der Waals surface area contributed by atoms with Crippen LogP contribution in [0, 0.1) is 21.0 Å². The number of piperidine rings is 1. The van der Waals surface area contributed by atoms with E-state index in [4.69, 9.17) is 0 Å². The Bertz CT molecular complexity index is 1090. The van der Waals surface area contributed by atoms with Crippen LogP contribution in [-0.4, -0.2) is 37.9 Å². The molecule has 1 aliphatic heterocycles. The highest BCUT2D eigenvalue weighted by Gasteiger charge is 2.31. The van der Waals surface area contributed by atoms with Crippen LogP contribution in [0.15, 0.2) is 30.3 Å². The van der Waals surface area contributed by atoms with Gasteiger partial charge in [0.1, 0.15) is 11.5 Å². The van der Waals surface area contributed by atoms with Gasteiger partial charge in [-0.25, -0.2) is 13.2 Å². The van der Waals surface area contributed by atoms with Crippen LogP contribution in [-0.2, 0) is 10.2 Å². The summed E-state index contributed by atoms with van der Waals surface area (Å²) in [6.07, 6.45) is 4.90. The van der Waals surface area contributed by atoms with Crippen molar-refractivity contribution in [2.24, 2.45) is 0 Å². The van der Waals surface area contributed by atoms with Crippen molar-refractivity contribution in [2.75, 3.05) is 23.1 Å². The van der Waals surface area contributed by atoms with Crippen LogP contribution in [0.25, 0.3) is 0 Å². The molecule has 174 valence electrons. The van der Waals surface area contributed by atoms with Crippen molar-refractivity contribution in [1.29, 1.82) is 0 Å². The Kier molecular flexibility index (Phi) is 7.18. The van der Waals surface area contributed by atoms with E-state index in [1.165, 1.54) is 22.9 Å². The van der Waals surface area contributed by atoms with E-state index < -0.39 is 33.3 Å². The molecule has 1 aliphatic carbocycles. The maximum Gasteiger partial charge on any atom is 0.301 e. The van der Waals surface area contributed by atoms with Gasteiger partial charge in [0.25, 0.3) is 0 Å². The second kappa shape index (κ2) is 9.74. The van der Waals surface area contributed by atoms with Crippen molar-refractivity contribution in [2.45, 2.75) is 44.2 Å². The summed E-state index contributed by atoms with van der Waals surface area (Å²) in [6, 6.07) is 6.95. The zero-order chi connectivity index (χ0) is 22.9. The summed E-state index contributed by atoms with van der Waals surface area (Å²) in [6.45, 7) is 0.635. The van der Waals surface area contributed by atoms with Gasteiger partial charge < -0.3 is 10.6 Å². The van der Waals surface area contributed by atoms with Crippen LogP contribution >= 0.6 is 22.6 Å². The summed E-state index contributed by atoms with van der Waals surface area (Å²) >= 11 is 1.92. The van der Waals surface area contributed by atoms with Gasteiger partial charge in [0.05, 0.1) is 11.4 Å². The summed E-state index contributed by atoms with van der Waals surface area (Å²) in [5.74, 6) is -3.15. The molecule has 0 radical (unpaired) electrons. The highest BCUT2D eigenvalue weighted by atomic mass is 127. The molecule has 0 spiro atoms. The molecule has 1 saturated heterocycles. The molecule has 1 heterocycles. The summed E-state index contributed by atoms with van der Waals surface area (Å²) in [4.78, 5) is 0. The van der Waals surface area contributed by atoms with Gasteiger partial charge in [0, 0.05) is 28.7 Å². The van der Waals surface area contributed by atoms with Gasteiger partial charge in [-0.15, -0.1) is 0 Å². The molecule has 2 aromatic rings. The van der Waals surface area contributed by atoms with Gasteiger partial charge in [-0.2, -0.15) is 12.7 Å². The van der Waals surface area contributed by atoms with E-state index in [0.29, 0.717) is 35.5 Å². The maximum absolute atomic E-state index is 14.6. The maximum atomic E-state index is 14.6. The first-order chi connectivity index (χ1) is 15.2. The Labute approximate surface area is 199 Å².